The summed E-state index contributed by atoms with van der Waals surface area (Å²) in [6, 6.07) is 8.13. The van der Waals surface area contributed by atoms with Gasteiger partial charge in [0.05, 0.1) is 18.6 Å². The van der Waals surface area contributed by atoms with Gasteiger partial charge < -0.3 is 4.42 Å². The van der Waals surface area contributed by atoms with Crippen molar-refractivity contribution in [2.45, 2.75) is 6.54 Å². The van der Waals surface area contributed by atoms with E-state index < -0.39 is 0 Å². The van der Waals surface area contributed by atoms with Crippen molar-refractivity contribution >= 4 is 0 Å². The molecule has 1 aromatic carbocycles. The van der Waals surface area contributed by atoms with E-state index in [2.05, 4.69) is 37.3 Å². The summed E-state index contributed by atoms with van der Waals surface area (Å²) in [6.07, 6.45) is 14.3. The lowest BCUT2D eigenvalue weighted by molar-refractivity contribution is 0.465. The smallest absolute Gasteiger partial charge is 0.215 e. The maximum absolute atomic E-state index is 5.26. The Bertz CT molecular complexity index is 1240. The predicted molar refractivity (Wildman–Crippen MR) is 106 cm³/mol. The van der Waals surface area contributed by atoms with Crippen LogP contribution in [0.4, 0.5) is 0 Å². The standard InChI is InChI=1S/C21H17N7O/c1-27-12-18(10-25-27)15-3-2-4-16(7-15)21-23-8-17(9-24-21)19-11-26-28(13-19)14-20-22-5-6-29-20/h2-13H,14H2,1H3. The molecule has 4 heterocycles. The molecule has 8 heteroatoms. The number of nitrogens with zero attached hydrogens (tertiary/aromatic N) is 7. The van der Waals surface area contributed by atoms with E-state index in [-0.39, 0.29) is 0 Å². The number of hydrogen-bond acceptors (Lipinski definition) is 6. The molecular formula is C21H17N7O. The third-order valence-corrected chi connectivity index (χ3v) is 4.56. The predicted octanol–water partition coefficient (Wildman–Crippen LogP) is 3.44. The van der Waals surface area contributed by atoms with E-state index in [1.807, 2.05) is 50.2 Å². The maximum Gasteiger partial charge on any atom is 0.215 e. The molecule has 0 amide bonds. The van der Waals surface area contributed by atoms with Gasteiger partial charge >= 0.3 is 0 Å². The van der Waals surface area contributed by atoms with Gasteiger partial charge in [-0.15, -0.1) is 0 Å². The Kier molecular flexibility index (Phi) is 4.21. The van der Waals surface area contributed by atoms with E-state index in [4.69, 9.17) is 4.42 Å². The van der Waals surface area contributed by atoms with E-state index in [1.54, 1.807) is 28.0 Å². The summed E-state index contributed by atoms with van der Waals surface area (Å²) >= 11 is 0. The third-order valence-electron chi connectivity index (χ3n) is 4.56. The van der Waals surface area contributed by atoms with Gasteiger partial charge in [-0.1, -0.05) is 18.2 Å². The van der Waals surface area contributed by atoms with Crippen molar-refractivity contribution in [2.75, 3.05) is 0 Å². The van der Waals surface area contributed by atoms with Gasteiger partial charge in [-0.3, -0.25) is 9.36 Å². The minimum Gasteiger partial charge on any atom is -0.447 e. The second-order valence-corrected chi connectivity index (χ2v) is 6.63. The molecule has 142 valence electrons. The van der Waals surface area contributed by atoms with Crippen LogP contribution in [-0.4, -0.2) is 34.5 Å². The van der Waals surface area contributed by atoms with Crippen LogP contribution in [-0.2, 0) is 13.6 Å². The van der Waals surface area contributed by atoms with E-state index in [1.165, 1.54) is 0 Å². The van der Waals surface area contributed by atoms with Gasteiger partial charge in [0.2, 0.25) is 5.89 Å². The van der Waals surface area contributed by atoms with Crippen LogP contribution >= 0.6 is 0 Å². The lowest BCUT2D eigenvalue weighted by atomic mass is 10.1. The van der Waals surface area contributed by atoms with Crippen molar-refractivity contribution in [1.82, 2.24) is 34.5 Å². The lowest BCUT2D eigenvalue weighted by Gasteiger charge is -2.04. The van der Waals surface area contributed by atoms with Gasteiger partial charge in [0.25, 0.3) is 0 Å². The average Bonchev–Trinajstić information content (AvgIpc) is 3.51. The highest BCUT2D eigenvalue weighted by atomic mass is 16.3. The molecule has 0 bridgehead atoms. The van der Waals surface area contributed by atoms with Gasteiger partial charge in [0.15, 0.2) is 5.82 Å². The molecule has 5 aromatic rings. The van der Waals surface area contributed by atoms with E-state index in [0.29, 0.717) is 18.3 Å². The van der Waals surface area contributed by atoms with Crippen molar-refractivity contribution in [1.29, 1.82) is 0 Å². The van der Waals surface area contributed by atoms with Gasteiger partial charge in [-0.05, 0) is 11.6 Å². The van der Waals surface area contributed by atoms with E-state index in [0.717, 1.165) is 27.8 Å². The highest BCUT2D eigenvalue weighted by Crippen LogP contribution is 2.25. The molecule has 0 N–H and O–H groups in total. The quantitative estimate of drug-likeness (QED) is 0.462. The molecular weight excluding hydrogens is 366 g/mol. The second-order valence-electron chi connectivity index (χ2n) is 6.63. The summed E-state index contributed by atoms with van der Waals surface area (Å²) in [5.74, 6) is 1.28. The molecule has 0 atom stereocenters. The van der Waals surface area contributed by atoms with Crippen molar-refractivity contribution < 1.29 is 4.42 Å². The van der Waals surface area contributed by atoms with Crippen LogP contribution in [0.2, 0.25) is 0 Å². The number of aryl methyl sites for hydroxylation is 1. The van der Waals surface area contributed by atoms with Crippen LogP contribution < -0.4 is 0 Å². The maximum atomic E-state index is 5.26. The summed E-state index contributed by atoms with van der Waals surface area (Å²) in [7, 11) is 1.91. The molecule has 0 spiro atoms. The van der Waals surface area contributed by atoms with Gasteiger partial charge in [-0.25, -0.2) is 15.0 Å². The Morgan fingerprint density at radius 3 is 2.38 bits per heavy atom. The highest BCUT2D eigenvalue weighted by Gasteiger charge is 2.08. The molecule has 0 aliphatic rings. The van der Waals surface area contributed by atoms with Crippen LogP contribution in [0.3, 0.4) is 0 Å². The van der Waals surface area contributed by atoms with Crippen molar-refractivity contribution in [2.24, 2.45) is 7.05 Å². The van der Waals surface area contributed by atoms with E-state index >= 15 is 0 Å². The number of hydrogen-bond donors (Lipinski definition) is 0. The Labute approximate surface area is 166 Å². The fourth-order valence-electron chi connectivity index (χ4n) is 3.10. The largest absolute Gasteiger partial charge is 0.447 e. The summed E-state index contributed by atoms with van der Waals surface area (Å²) in [5, 5.41) is 8.58. The molecule has 29 heavy (non-hydrogen) atoms. The number of aromatic nitrogens is 7. The van der Waals surface area contributed by atoms with Crippen LogP contribution in [0.15, 0.2) is 78.3 Å². The molecule has 0 saturated carbocycles. The summed E-state index contributed by atoms with van der Waals surface area (Å²) in [4.78, 5) is 13.2. The lowest BCUT2D eigenvalue weighted by Crippen LogP contribution is -1.99. The average molecular weight is 383 g/mol. The Balaban J connectivity index is 1.37. The first-order valence-corrected chi connectivity index (χ1v) is 9.07. The summed E-state index contributed by atoms with van der Waals surface area (Å²) in [6.45, 7) is 0.479. The Morgan fingerprint density at radius 2 is 1.62 bits per heavy atom. The zero-order valence-electron chi connectivity index (χ0n) is 15.7. The number of rotatable bonds is 5. The summed E-state index contributed by atoms with van der Waals surface area (Å²) < 4.78 is 8.82. The van der Waals surface area contributed by atoms with Crippen molar-refractivity contribution in [3.63, 3.8) is 0 Å². The fraction of sp³-hybridized carbons (Fsp3) is 0.0952. The number of oxazole rings is 1. The summed E-state index contributed by atoms with van der Waals surface area (Å²) in [5.41, 5.74) is 4.93. The molecule has 0 unspecified atom stereocenters. The highest BCUT2D eigenvalue weighted by molar-refractivity contribution is 5.70. The molecule has 0 aliphatic carbocycles. The minimum absolute atomic E-state index is 0.479. The zero-order valence-corrected chi connectivity index (χ0v) is 15.7. The van der Waals surface area contributed by atoms with Crippen molar-refractivity contribution in [3.8, 4) is 33.6 Å². The topological polar surface area (TPSA) is 87.5 Å². The molecule has 0 radical (unpaired) electrons. The van der Waals surface area contributed by atoms with E-state index in [9.17, 15) is 0 Å². The first kappa shape index (κ1) is 17.1. The zero-order chi connectivity index (χ0) is 19.6. The van der Waals surface area contributed by atoms with Crippen LogP contribution in [0.1, 0.15) is 5.89 Å². The normalized spacial score (nSPS) is 11.1. The fourth-order valence-corrected chi connectivity index (χ4v) is 3.10. The molecule has 0 saturated heterocycles. The molecule has 5 rings (SSSR count). The van der Waals surface area contributed by atoms with Gasteiger partial charge in [-0.2, -0.15) is 10.2 Å². The van der Waals surface area contributed by atoms with Gasteiger partial charge in [0.1, 0.15) is 12.8 Å². The second kappa shape index (κ2) is 7.16. The molecule has 4 aromatic heterocycles. The van der Waals surface area contributed by atoms with Crippen LogP contribution in [0.25, 0.3) is 33.6 Å². The SMILES string of the molecule is Cn1cc(-c2cccc(-c3ncc(-c4cnn(Cc5ncco5)c4)cn3)c2)cn1. The van der Waals surface area contributed by atoms with Gasteiger partial charge in [0, 0.05) is 54.1 Å². The molecule has 0 fully saturated rings. The van der Waals surface area contributed by atoms with Crippen LogP contribution in [0, 0.1) is 0 Å². The Hall–Kier alpha value is -4.07. The number of benzene rings is 1. The first-order chi connectivity index (χ1) is 14.2. The first-order valence-electron chi connectivity index (χ1n) is 9.07. The van der Waals surface area contributed by atoms with Crippen molar-refractivity contribution in [3.05, 3.63) is 79.8 Å². The van der Waals surface area contributed by atoms with Crippen LogP contribution in [0.5, 0.6) is 0 Å². The minimum atomic E-state index is 0.479. The Morgan fingerprint density at radius 1 is 0.828 bits per heavy atom. The third kappa shape index (κ3) is 3.55. The molecule has 0 aliphatic heterocycles. The monoisotopic (exact) mass is 383 g/mol. The molecule has 8 nitrogen and oxygen atoms in total.